The number of rotatable bonds is 7. The monoisotopic (exact) mass is 436 g/mol. The van der Waals surface area contributed by atoms with Gasteiger partial charge in [-0.3, -0.25) is 4.79 Å². The first-order valence-electron chi connectivity index (χ1n) is 10.9. The fourth-order valence-electron chi connectivity index (χ4n) is 4.05. The van der Waals surface area contributed by atoms with Crippen molar-refractivity contribution in [2.24, 2.45) is 0 Å². The SMILES string of the molecule is CN(c1ccccc1)c1ccc(C(C)(C(=O)O)c2ccc(N(C)c3ccccc3)cc2)cc1. The molecule has 0 aromatic heterocycles. The van der Waals surface area contributed by atoms with Crippen LogP contribution in [-0.2, 0) is 10.2 Å². The van der Waals surface area contributed by atoms with Gasteiger partial charge in [-0.25, -0.2) is 0 Å². The van der Waals surface area contributed by atoms with E-state index in [1.807, 2.05) is 123 Å². The van der Waals surface area contributed by atoms with E-state index in [2.05, 4.69) is 9.80 Å². The van der Waals surface area contributed by atoms with Gasteiger partial charge >= 0.3 is 5.97 Å². The summed E-state index contributed by atoms with van der Waals surface area (Å²) in [7, 11) is 4.01. The third-order valence-electron chi connectivity index (χ3n) is 6.38. The second-order valence-corrected chi connectivity index (χ2v) is 8.31. The predicted octanol–water partition coefficient (Wildman–Crippen LogP) is 6.61. The number of benzene rings is 4. The number of aliphatic carboxylic acids is 1. The minimum atomic E-state index is -1.16. The maximum absolute atomic E-state index is 12.5. The van der Waals surface area contributed by atoms with E-state index in [0.29, 0.717) is 0 Å². The summed E-state index contributed by atoms with van der Waals surface area (Å²) in [5.74, 6) is -0.879. The Hall–Kier alpha value is -4.05. The van der Waals surface area contributed by atoms with Gasteiger partial charge in [0.25, 0.3) is 0 Å². The van der Waals surface area contributed by atoms with E-state index in [1.54, 1.807) is 6.92 Å². The molecule has 4 rings (SSSR count). The highest BCUT2D eigenvalue weighted by Gasteiger charge is 2.37. The van der Waals surface area contributed by atoms with Crippen molar-refractivity contribution in [1.29, 1.82) is 0 Å². The molecule has 0 bridgehead atoms. The molecule has 0 saturated carbocycles. The van der Waals surface area contributed by atoms with Crippen molar-refractivity contribution in [3.8, 4) is 0 Å². The molecule has 0 saturated heterocycles. The molecule has 4 heteroatoms. The number of para-hydroxylation sites is 2. The lowest BCUT2D eigenvalue weighted by molar-refractivity contribution is -0.141. The molecule has 0 unspecified atom stereocenters. The van der Waals surface area contributed by atoms with Crippen LogP contribution in [-0.4, -0.2) is 25.2 Å². The van der Waals surface area contributed by atoms with Crippen molar-refractivity contribution >= 4 is 28.7 Å². The van der Waals surface area contributed by atoms with Crippen LogP contribution in [0.4, 0.5) is 22.7 Å². The highest BCUT2D eigenvalue weighted by atomic mass is 16.4. The third-order valence-corrected chi connectivity index (χ3v) is 6.38. The molecule has 1 N–H and O–H groups in total. The molecule has 4 nitrogen and oxygen atoms in total. The number of carbonyl (C=O) groups is 1. The van der Waals surface area contributed by atoms with Crippen LogP contribution < -0.4 is 9.80 Å². The molecule has 0 fully saturated rings. The molecule has 0 aliphatic rings. The topological polar surface area (TPSA) is 43.8 Å². The smallest absolute Gasteiger partial charge is 0.318 e. The van der Waals surface area contributed by atoms with Crippen LogP contribution in [0, 0.1) is 0 Å². The third kappa shape index (κ3) is 4.33. The average molecular weight is 437 g/mol. The molecule has 0 spiro atoms. The molecule has 166 valence electrons. The Labute approximate surface area is 195 Å². The average Bonchev–Trinajstić information content (AvgIpc) is 2.88. The first kappa shape index (κ1) is 22.2. The molecule has 0 radical (unpaired) electrons. The summed E-state index contributed by atoms with van der Waals surface area (Å²) in [5.41, 5.74) is 4.46. The fourth-order valence-corrected chi connectivity index (χ4v) is 4.05. The number of carboxylic acid groups (broad SMARTS) is 1. The van der Waals surface area contributed by atoms with Crippen LogP contribution in [0.3, 0.4) is 0 Å². The van der Waals surface area contributed by atoms with Gasteiger partial charge in [0.05, 0.1) is 0 Å². The molecule has 0 aliphatic carbocycles. The Morgan fingerprint density at radius 3 is 1.18 bits per heavy atom. The van der Waals surface area contributed by atoms with Crippen molar-refractivity contribution in [2.45, 2.75) is 12.3 Å². The normalized spacial score (nSPS) is 11.1. The van der Waals surface area contributed by atoms with Crippen LogP contribution in [0.25, 0.3) is 0 Å². The van der Waals surface area contributed by atoms with Crippen LogP contribution in [0.2, 0.25) is 0 Å². The summed E-state index contributed by atoms with van der Waals surface area (Å²) in [6.45, 7) is 1.77. The first-order valence-corrected chi connectivity index (χ1v) is 10.9. The second kappa shape index (κ2) is 9.21. The van der Waals surface area contributed by atoms with Crippen LogP contribution in [0.5, 0.6) is 0 Å². The summed E-state index contributed by atoms with van der Waals surface area (Å²) in [6.07, 6.45) is 0. The largest absolute Gasteiger partial charge is 0.480 e. The Kier molecular flexibility index (Phi) is 6.18. The van der Waals surface area contributed by atoms with Crippen LogP contribution in [0.1, 0.15) is 18.1 Å². The van der Waals surface area contributed by atoms with Crippen molar-refractivity contribution in [2.75, 3.05) is 23.9 Å². The van der Waals surface area contributed by atoms with E-state index in [1.165, 1.54) is 0 Å². The number of nitrogens with zero attached hydrogens (tertiary/aromatic N) is 2. The number of hydrogen-bond acceptors (Lipinski definition) is 3. The quantitative estimate of drug-likeness (QED) is 0.354. The molecule has 0 heterocycles. The zero-order valence-corrected chi connectivity index (χ0v) is 19.1. The molecule has 0 aliphatic heterocycles. The standard InChI is InChI=1S/C29H28N2O2/c1-29(28(32)33,22-14-18-26(19-15-22)30(2)24-10-6-4-7-11-24)23-16-20-27(21-17-23)31(3)25-12-8-5-9-13-25/h4-21H,1-3H3,(H,32,33). The maximum atomic E-state index is 12.5. The minimum absolute atomic E-state index is 0.740. The molecule has 4 aromatic rings. The van der Waals surface area contributed by atoms with E-state index in [-0.39, 0.29) is 0 Å². The van der Waals surface area contributed by atoms with Gasteiger partial charge in [0, 0.05) is 36.8 Å². The second-order valence-electron chi connectivity index (χ2n) is 8.31. The Morgan fingerprint density at radius 2 is 0.879 bits per heavy atom. The molecule has 33 heavy (non-hydrogen) atoms. The van der Waals surface area contributed by atoms with E-state index in [9.17, 15) is 9.90 Å². The van der Waals surface area contributed by atoms with Crippen molar-refractivity contribution in [1.82, 2.24) is 0 Å². The molecular weight excluding hydrogens is 408 g/mol. The van der Waals surface area contributed by atoms with Crippen LogP contribution in [0.15, 0.2) is 109 Å². The first-order chi connectivity index (χ1) is 15.9. The van der Waals surface area contributed by atoms with Gasteiger partial charge in [-0.05, 0) is 66.6 Å². The lowest BCUT2D eigenvalue weighted by Crippen LogP contribution is -2.33. The van der Waals surface area contributed by atoms with Gasteiger partial charge in [-0.2, -0.15) is 0 Å². The fraction of sp³-hybridized carbons (Fsp3) is 0.138. The van der Waals surface area contributed by atoms with Gasteiger partial charge < -0.3 is 14.9 Å². The zero-order valence-electron chi connectivity index (χ0n) is 19.1. The van der Waals surface area contributed by atoms with Crippen molar-refractivity contribution < 1.29 is 9.90 Å². The Bertz CT molecular complexity index is 1120. The molecular formula is C29H28N2O2. The molecule has 4 aromatic carbocycles. The summed E-state index contributed by atoms with van der Waals surface area (Å²) in [5, 5.41) is 10.2. The van der Waals surface area contributed by atoms with Gasteiger partial charge in [-0.1, -0.05) is 60.7 Å². The summed E-state index contributed by atoms with van der Waals surface area (Å²) in [6, 6.07) is 35.7. The lowest BCUT2D eigenvalue weighted by Gasteiger charge is -2.28. The van der Waals surface area contributed by atoms with E-state index < -0.39 is 11.4 Å². The minimum Gasteiger partial charge on any atom is -0.480 e. The van der Waals surface area contributed by atoms with Crippen molar-refractivity contribution in [3.05, 3.63) is 120 Å². The summed E-state index contributed by atoms with van der Waals surface area (Å²) >= 11 is 0. The van der Waals surface area contributed by atoms with E-state index >= 15 is 0 Å². The van der Waals surface area contributed by atoms with Crippen LogP contribution >= 0.6 is 0 Å². The highest BCUT2D eigenvalue weighted by molar-refractivity contribution is 5.86. The number of carboxylic acids is 1. The van der Waals surface area contributed by atoms with Gasteiger partial charge in [0.1, 0.15) is 5.41 Å². The molecule has 0 atom stereocenters. The van der Waals surface area contributed by atoms with Gasteiger partial charge in [0.15, 0.2) is 0 Å². The Balaban J connectivity index is 1.62. The van der Waals surface area contributed by atoms with E-state index in [0.717, 1.165) is 33.9 Å². The van der Waals surface area contributed by atoms with Crippen molar-refractivity contribution in [3.63, 3.8) is 0 Å². The maximum Gasteiger partial charge on any atom is 0.318 e. The summed E-state index contributed by atoms with van der Waals surface area (Å²) in [4.78, 5) is 16.6. The summed E-state index contributed by atoms with van der Waals surface area (Å²) < 4.78 is 0. The van der Waals surface area contributed by atoms with E-state index in [4.69, 9.17) is 0 Å². The lowest BCUT2D eigenvalue weighted by atomic mass is 9.76. The predicted molar refractivity (Wildman–Crippen MR) is 136 cm³/mol. The highest BCUT2D eigenvalue weighted by Crippen LogP contribution is 2.36. The molecule has 0 amide bonds. The zero-order chi connectivity index (χ0) is 23.4. The van der Waals surface area contributed by atoms with Gasteiger partial charge in [-0.15, -0.1) is 0 Å². The number of hydrogen-bond donors (Lipinski definition) is 1. The van der Waals surface area contributed by atoms with Gasteiger partial charge in [0.2, 0.25) is 0 Å². The number of anilines is 4. The Morgan fingerprint density at radius 1 is 0.576 bits per heavy atom.